The number of rotatable bonds is 12. The van der Waals surface area contributed by atoms with Gasteiger partial charge in [-0.05, 0) is 48.9 Å². The van der Waals surface area contributed by atoms with Crippen molar-refractivity contribution in [3.8, 4) is 12.1 Å². The fourth-order valence-corrected chi connectivity index (χ4v) is 3.69. The Morgan fingerprint density at radius 2 is 1.18 bits per heavy atom. The quantitative estimate of drug-likeness (QED) is 0.141. The van der Waals surface area contributed by atoms with Crippen LogP contribution in [-0.4, -0.2) is 50.8 Å². The van der Waals surface area contributed by atoms with Gasteiger partial charge in [0.25, 0.3) is 0 Å². The molecule has 0 N–H and O–H groups in total. The third-order valence-corrected chi connectivity index (χ3v) is 5.68. The number of ether oxygens (including phenoxy) is 3. The monoisotopic (exact) mass is 537 g/mol. The second-order valence-corrected chi connectivity index (χ2v) is 8.23. The predicted octanol–water partition coefficient (Wildman–Crippen LogP) is 4.57. The minimum absolute atomic E-state index is 0.0624. The Hall–Kier alpha value is -5.41. The Morgan fingerprint density at radius 3 is 1.60 bits per heavy atom. The van der Waals surface area contributed by atoms with Gasteiger partial charge in [-0.25, -0.2) is 14.4 Å². The van der Waals surface area contributed by atoms with E-state index in [1.165, 1.54) is 0 Å². The molecule has 3 aromatic rings. The first kappa shape index (κ1) is 29.2. The highest BCUT2D eigenvalue weighted by Crippen LogP contribution is 2.23. The molecule has 3 rings (SSSR count). The average Bonchev–Trinajstić information content (AvgIpc) is 3.00. The van der Waals surface area contributed by atoms with Gasteiger partial charge < -0.3 is 19.1 Å². The first-order valence-corrected chi connectivity index (χ1v) is 12.5. The molecule has 0 aliphatic carbocycles. The number of nitriles is 2. The fraction of sp³-hybridized carbons (Fsp3) is 0.194. The van der Waals surface area contributed by atoms with Crippen molar-refractivity contribution in [3.63, 3.8) is 0 Å². The maximum atomic E-state index is 12.4. The van der Waals surface area contributed by atoms with E-state index in [4.69, 9.17) is 14.2 Å². The smallest absolute Gasteiger partial charge is 0.350 e. The van der Waals surface area contributed by atoms with Crippen molar-refractivity contribution in [2.75, 3.05) is 37.8 Å². The van der Waals surface area contributed by atoms with Gasteiger partial charge in [-0.1, -0.05) is 48.5 Å². The fourth-order valence-electron chi connectivity index (χ4n) is 3.69. The summed E-state index contributed by atoms with van der Waals surface area (Å²) in [5.41, 5.74) is 1.42. The summed E-state index contributed by atoms with van der Waals surface area (Å²) in [6, 6.07) is 27.5. The molecule has 0 heterocycles. The summed E-state index contributed by atoms with van der Waals surface area (Å²) < 4.78 is 15.7. The van der Waals surface area contributed by atoms with Gasteiger partial charge in [0, 0.05) is 5.69 Å². The zero-order chi connectivity index (χ0) is 28.7. The van der Waals surface area contributed by atoms with Crippen molar-refractivity contribution in [1.82, 2.24) is 0 Å². The van der Waals surface area contributed by atoms with E-state index >= 15 is 0 Å². The van der Waals surface area contributed by atoms with Crippen LogP contribution in [0.1, 0.15) is 33.2 Å². The van der Waals surface area contributed by atoms with Gasteiger partial charge in [0.1, 0.15) is 25.4 Å². The van der Waals surface area contributed by atoms with Crippen molar-refractivity contribution in [3.05, 3.63) is 107 Å². The van der Waals surface area contributed by atoms with Crippen molar-refractivity contribution < 1.29 is 28.6 Å². The minimum atomic E-state index is -0.868. The number of esters is 3. The number of benzene rings is 3. The van der Waals surface area contributed by atoms with Crippen LogP contribution in [0.5, 0.6) is 0 Å². The van der Waals surface area contributed by atoms with E-state index in [0.717, 1.165) is 0 Å². The summed E-state index contributed by atoms with van der Waals surface area (Å²) >= 11 is 0. The van der Waals surface area contributed by atoms with Crippen molar-refractivity contribution in [2.24, 2.45) is 0 Å². The van der Waals surface area contributed by atoms with E-state index in [1.807, 2.05) is 11.0 Å². The third kappa shape index (κ3) is 8.04. The summed E-state index contributed by atoms with van der Waals surface area (Å²) in [6.07, 6.45) is 0. The second-order valence-electron chi connectivity index (χ2n) is 8.23. The molecule has 0 bridgehead atoms. The SMILES string of the molecule is CCOC(=O)/C(C#N)=C(\C#N)c1ccc(N(CCOC(=O)c2ccccc2)CCOC(=O)c2ccccc2)cc1. The Balaban J connectivity index is 1.75. The maximum Gasteiger partial charge on any atom is 0.350 e. The van der Waals surface area contributed by atoms with E-state index in [-0.39, 0.29) is 44.1 Å². The zero-order valence-corrected chi connectivity index (χ0v) is 21.9. The van der Waals surface area contributed by atoms with Crippen LogP contribution < -0.4 is 4.90 Å². The van der Waals surface area contributed by atoms with E-state index in [1.54, 1.807) is 97.9 Å². The third-order valence-electron chi connectivity index (χ3n) is 5.68. The van der Waals surface area contributed by atoms with Crippen molar-refractivity contribution >= 4 is 29.2 Å². The maximum absolute atomic E-state index is 12.4. The number of nitrogens with zero attached hydrogens (tertiary/aromatic N) is 3. The van der Waals surface area contributed by atoms with Crippen LogP contribution in [0.3, 0.4) is 0 Å². The minimum Gasteiger partial charge on any atom is -0.462 e. The molecule has 0 fully saturated rings. The number of carbonyl (C=O) groups is 3. The van der Waals surface area contributed by atoms with Crippen LogP contribution in [-0.2, 0) is 19.0 Å². The van der Waals surface area contributed by atoms with Gasteiger partial charge in [-0.3, -0.25) is 0 Å². The van der Waals surface area contributed by atoms with Crippen LogP contribution in [0.4, 0.5) is 5.69 Å². The molecule has 40 heavy (non-hydrogen) atoms. The highest BCUT2D eigenvalue weighted by atomic mass is 16.5. The van der Waals surface area contributed by atoms with Gasteiger partial charge in [0.15, 0.2) is 5.57 Å². The molecule has 0 amide bonds. The molecule has 9 nitrogen and oxygen atoms in total. The number of anilines is 1. The normalized spacial score (nSPS) is 10.8. The van der Waals surface area contributed by atoms with E-state index < -0.39 is 17.9 Å². The largest absolute Gasteiger partial charge is 0.462 e. The van der Waals surface area contributed by atoms with Crippen LogP contribution >= 0.6 is 0 Å². The van der Waals surface area contributed by atoms with Gasteiger partial charge in [-0.15, -0.1) is 0 Å². The number of hydrogen-bond donors (Lipinski definition) is 0. The highest BCUT2D eigenvalue weighted by molar-refractivity contribution is 6.04. The molecule has 0 radical (unpaired) electrons. The molecule has 0 aliphatic heterocycles. The molecule has 0 aromatic heterocycles. The van der Waals surface area contributed by atoms with Crippen LogP contribution in [0.25, 0.3) is 5.57 Å². The Bertz CT molecular complexity index is 1360. The standard InChI is InChI=1S/C31H27N3O6/c1-2-38-31(37)28(22-33)27(21-32)23-13-15-26(16-14-23)34(17-19-39-29(35)24-9-5-3-6-10-24)18-20-40-30(36)25-11-7-4-8-12-25/h3-16H,2,17-20H2,1H3/b28-27+. The lowest BCUT2D eigenvalue weighted by Crippen LogP contribution is -2.32. The van der Waals surface area contributed by atoms with Crippen LogP contribution in [0.2, 0.25) is 0 Å². The average molecular weight is 538 g/mol. The molecule has 0 unspecified atom stereocenters. The second kappa shape index (κ2) is 15.1. The van der Waals surface area contributed by atoms with Crippen molar-refractivity contribution in [2.45, 2.75) is 6.92 Å². The number of allylic oxidation sites excluding steroid dienone is 1. The Kier molecular flexibility index (Phi) is 11.0. The summed E-state index contributed by atoms with van der Waals surface area (Å²) in [7, 11) is 0. The Labute approximate surface area is 232 Å². The summed E-state index contributed by atoms with van der Waals surface area (Å²) in [5.74, 6) is -1.79. The highest BCUT2D eigenvalue weighted by Gasteiger charge is 2.19. The van der Waals surface area contributed by atoms with E-state index in [9.17, 15) is 24.9 Å². The molecule has 0 spiro atoms. The van der Waals surface area contributed by atoms with E-state index in [0.29, 0.717) is 22.4 Å². The summed E-state index contributed by atoms with van der Waals surface area (Å²) in [5, 5.41) is 19.1. The lowest BCUT2D eigenvalue weighted by atomic mass is 10.0. The topological polar surface area (TPSA) is 130 Å². The van der Waals surface area contributed by atoms with Crippen LogP contribution in [0, 0.1) is 22.7 Å². The lowest BCUT2D eigenvalue weighted by Gasteiger charge is -2.25. The van der Waals surface area contributed by atoms with E-state index in [2.05, 4.69) is 0 Å². The summed E-state index contributed by atoms with van der Waals surface area (Å²) in [4.78, 5) is 38.7. The molecule has 9 heteroatoms. The predicted molar refractivity (Wildman–Crippen MR) is 147 cm³/mol. The Morgan fingerprint density at radius 1 is 0.675 bits per heavy atom. The van der Waals surface area contributed by atoms with Gasteiger partial charge in [-0.2, -0.15) is 10.5 Å². The first-order valence-electron chi connectivity index (χ1n) is 12.5. The van der Waals surface area contributed by atoms with Gasteiger partial charge in [0.05, 0.1) is 36.4 Å². The molecule has 0 saturated carbocycles. The molecule has 3 aromatic carbocycles. The number of hydrogen-bond acceptors (Lipinski definition) is 9. The first-order chi connectivity index (χ1) is 19.5. The molecular formula is C31H27N3O6. The molecule has 0 aliphatic rings. The number of carbonyl (C=O) groups excluding carboxylic acids is 3. The van der Waals surface area contributed by atoms with Crippen molar-refractivity contribution in [1.29, 1.82) is 10.5 Å². The van der Waals surface area contributed by atoms with Gasteiger partial charge >= 0.3 is 17.9 Å². The van der Waals surface area contributed by atoms with Gasteiger partial charge in [0.2, 0.25) is 0 Å². The lowest BCUT2D eigenvalue weighted by molar-refractivity contribution is -0.137. The van der Waals surface area contributed by atoms with Crippen LogP contribution in [0.15, 0.2) is 90.5 Å². The molecule has 202 valence electrons. The zero-order valence-electron chi connectivity index (χ0n) is 21.9. The summed E-state index contributed by atoms with van der Waals surface area (Å²) in [6.45, 7) is 2.37. The molecular weight excluding hydrogens is 510 g/mol. The molecule has 0 saturated heterocycles. The molecule has 0 atom stereocenters.